The van der Waals surface area contributed by atoms with Crippen molar-refractivity contribution in [3.63, 3.8) is 0 Å². The number of rotatable bonds is 4. The summed E-state index contributed by atoms with van der Waals surface area (Å²) >= 11 is 3.09. The van der Waals surface area contributed by atoms with Gasteiger partial charge < -0.3 is 8.94 Å². The molecule has 0 fully saturated rings. The van der Waals surface area contributed by atoms with Crippen LogP contribution in [0.3, 0.4) is 0 Å². The molecule has 8 heteroatoms. The second-order valence-electron chi connectivity index (χ2n) is 5.27. The summed E-state index contributed by atoms with van der Waals surface area (Å²) in [5, 5.41) is 9.74. The summed E-state index contributed by atoms with van der Waals surface area (Å²) in [6, 6.07) is 9.80. The van der Waals surface area contributed by atoms with Gasteiger partial charge in [0.1, 0.15) is 22.5 Å². The maximum atomic E-state index is 5.93. The number of nitrogens with zero attached hydrogens (tertiary/aromatic N) is 4. The first kappa shape index (κ1) is 14.6. The van der Waals surface area contributed by atoms with E-state index in [-0.39, 0.29) is 0 Å². The molecule has 0 N–H and O–H groups in total. The zero-order valence-electron chi connectivity index (χ0n) is 12.7. The van der Waals surface area contributed by atoms with Gasteiger partial charge in [0.25, 0.3) is 0 Å². The minimum absolute atomic E-state index is 0.514. The molecule has 0 bridgehead atoms. The Morgan fingerprint density at radius 3 is 3.00 bits per heavy atom. The Morgan fingerprint density at radius 1 is 1.12 bits per heavy atom. The Balaban J connectivity index is 1.44. The minimum Gasteiger partial charge on any atom is -0.451 e. The molecular weight excluding hydrogens is 356 g/mol. The molecule has 0 aliphatic rings. The number of thiophene rings is 1. The summed E-state index contributed by atoms with van der Waals surface area (Å²) in [5.74, 6) is 1.67. The molecule has 6 nitrogen and oxygen atoms in total. The van der Waals surface area contributed by atoms with Crippen molar-refractivity contribution >= 4 is 45.2 Å². The number of hydrogen-bond donors (Lipinski definition) is 0. The third-order valence-electron chi connectivity index (χ3n) is 3.71. The van der Waals surface area contributed by atoms with Crippen LogP contribution in [0.1, 0.15) is 5.89 Å². The Morgan fingerprint density at radius 2 is 2.08 bits per heavy atom. The average Bonchev–Trinajstić information content (AvgIpc) is 3.38. The third-order valence-corrected chi connectivity index (χ3v) is 5.34. The van der Waals surface area contributed by atoms with Crippen molar-refractivity contribution in [2.75, 3.05) is 0 Å². The number of para-hydroxylation sites is 1. The van der Waals surface area contributed by atoms with Crippen molar-refractivity contribution < 1.29 is 8.94 Å². The van der Waals surface area contributed by atoms with Crippen molar-refractivity contribution in [2.24, 2.45) is 0 Å². The highest BCUT2D eigenvalue weighted by atomic mass is 32.2. The molecule has 4 aromatic heterocycles. The van der Waals surface area contributed by atoms with Gasteiger partial charge in [-0.1, -0.05) is 29.1 Å². The predicted octanol–water partition coefficient (Wildman–Crippen LogP) is 4.78. The monoisotopic (exact) mass is 366 g/mol. The lowest BCUT2D eigenvalue weighted by atomic mass is 10.2. The summed E-state index contributed by atoms with van der Waals surface area (Å²) in [6.45, 7) is 0. The molecule has 1 aromatic carbocycles. The molecule has 0 atom stereocenters. The summed E-state index contributed by atoms with van der Waals surface area (Å²) in [7, 11) is 0. The Hall–Kier alpha value is -2.71. The second-order valence-corrected chi connectivity index (χ2v) is 7.01. The van der Waals surface area contributed by atoms with E-state index in [0.717, 1.165) is 27.1 Å². The maximum Gasteiger partial charge on any atom is 0.237 e. The predicted molar refractivity (Wildman–Crippen MR) is 96.5 cm³/mol. The topological polar surface area (TPSA) is 77.8 Å². The molecule has 25 heavy (non-hydrogen) atoms. The van der Waals surface area contributed by atoms with E-state index in [0.29, 0.717) is 23.1 Å². The highest BCUT2D eigenvalue weighted by molar-refractivity contribution is 7.98. The molecule has 0 aliphatic carbocycles. The lowest BCUT2D eigenvalue weighted by Crippen LogP contribution is -1.86. The fraction of sp³-hybridized carbons (Fsp3) is 0.0588. The first-order valence-electron chi connectivity index (χ1n) is 7.49. The summed E-state index contributed by atoms with van der Waals surface area (Å²) in [5.41, 5.74) is 3.27. The van der Waals surface area contributed by atoms with Crippen LogP contribution in [0.2, 0.25) is 0 Å². The third kappa shape index (κ3) is 2.59. The molecule has 0 amide bonds. The molecule has 0 unspecified atom stereocenters. The van der Waals surface area contributed by atoms with E-state index in [2.05, 4.69) is 20.1 Å². The standard InChI is InChI=1S/C17H10N4O2S2/c1-2-4-12-11(3-1)14-15(22-12)17(19-9-18-14)25-8-13-20-16(21-23-13)10-5-6-24-7-10/h1-7,9H,8H2. The summed E-state index contributed by atoms with van der Waals surface area (Å²) in [4.78, 5) is 13.1. The van der Waals surface area contributed by atoms with Crippen LogP contribution in [0.4, 0.5) is 0 Å². The van der Waals surface area contributed by atoms with E-state index in [1.807, 2.05) is 41.1 Å². The molecule has 0 aliphatic heterocycles. The Kier molecular flexibility index (Phi) is 3.50. The second kappa shape index (κ2) is 5.98. The van der Waals surface area contributed by atoms with E-state index < -0.39 is 0 Å². The molecule has 0 spiro atoms. The number of furan rings is 1. The van der Waals surface area contributed by atoms with Gasteiger partial charge in [0.2, 0.25) is 11.7 Å². The van der Waals surface area contributed by atoms with Crippen molar-refractivity contribution in [1.82, 2.24) is 20.1 Å². The van der Waals surface area contributed by atoms with Gasteiger partial charge in [0.15, 0.2) is 5.58 Å². The Bertz CT molecular complexity index is 1160. The largest absolute Gasteiger partial charge is 0.451 e. The van der Waals surface area contributed by atoms with E-state index >= 15 is 0 Å². The molecule has 0 saturated heterocycles. The van der Waals surface area contributed by atoms with Crippen LogP contribution in [-0.4, -0.2) is 20.1 Å². The summed E-state index contributed by atoms with van der Waals surface area (Å²) < 4.78 is 11.3. The molecule has 122 valence electrons. The number of hydrogen-bond acceptors (Lipinski definition) is 8. The lowest BCUT2D eigenvalue weighted by Gasteiger charge is -1.97. The van der Waals surface area contributed by atoms with E-state index in [1.165, 1.54) is 11.8 Å². The lowest BCUT2D eigenvalue weighted by molar-refractivity contribution is 0.391. The molecular formula is C17H10N4O2S2. The van der Waals surface area contributed by atoms with Crippen LogP contribution in [0.25, 0.3) is 33.5 Å². The molecule has 0 radical (unpaired) electrons. The number of aromatic nitrogens is 4. The van der Waals surface area contributed by atoms with Gasteiger partial charge in [0, 0.05) is 16.3 Å². The molecule has 5 aromatic rings. The van der Waals surface area contributed by atoms with Crippen LogP contribution >= 0.6 is 23.1 Å². The number of benzene rings is 1. The highest BCUT2D eigenvalue weighted by Gasteiger charge is 2.15. The Labute approximate surface area is 149 Å². The van der Waals surface area contributed by atoms with Gasteiger partial charge >= 0.3 is 0 Å². The van der Waals surface area contributed by atoms with Crippen LogP contribution in [-0.2, 0) is 5.75 Å². The van der Waals surface area contributed by atoms with Crippen molar-refractivity contribution in [3.8, 4) is 11.4 Å². The van der Waals surface area contributed by atoms with Crippen molar-refractivity contribution in [1.29, 1.82) is 0 Å². The zero-order valence-corrected chi connectivity index (χ0v) is 14.4. The van der Waals surface area contributed by atoms with Gasteiger partial charge in [0.05, 0.1) is 5.75 Å². The normalized spacial score (nSPS) is 11.5. The molecule has 4 heterocycles. The molecule has 5 rings (SSSR count). The van der Waals surface area contributed by atoms with Crippen LogP contribution < -0.4 is 0 Å². The van der Waals surface area contributed by atoms with Gasteiger partial charge in [-0.05, 0) is 23.6 Å². The maximum absolute atomic E-state index is 5.93. The first-order chi connectivity index (χ1) is 12.4. The quantitative estimate of drug-likeness (QED) is 0.334. The fourth-order valence-corrected chi connectivity index (χ4v) is 3.96. The zero-order chi connectivity index (χ0) is 16.6. The van der Waals surface area contributed by atoms with E-state index in [1.54, 1.807) is 17.7 Å². The summed E-state index contributed by atoms with van der Waals surface area (Å²) in [6.07, 6.45) is 1.55. The van der Waals surface area contributed by atoms with Crippen LogP contribution in [0, 0.1) is 0 Å². The van der Waals surface area contributed by atoms with E-state index in [4.69, 9.17) is 8.94 Å². The van der Waals surface area contributed by atoms with Crippen LogP contribution in [0.5, 0.6) is 0 Å². The SMILES string of the molecule is c1ccc2c(c1)oc1c(SCc3nc(-c4ccsc4)no3)ncnc12. The minimum atomic E-state index is 0.514. The van der Waals surface area contributed by atoms with Crippen molar-refractivity contribution in [2.45, 2.75) is 10.8 Å². The van der Waals surface area contributed by atoms with Gasteiger partial charge in [-0.25, -0.2) is 9.97 Å². The number of fused-ring (bicyclic) bond motifs is 3. The fourth-order valence-electron chi connectivity index (χ4n) is 2.56. The first-order valence-corrected chi connectivity index (χ1v) is 9.41. The van der Waals surface area contributed by atoms with Gasteiger partial charge in [-0.3, -0.25) is 0 Å². The van der Waals surface area contributed by atoms with Gasteiger partial charge in [-0.2, -0.15) is 16.3 Å². The highest BCUT2D eigenvalue weighted by Crippen LogP contribution is 2.33. The smallest absolute Gasteiger partial charge is 0.237 e. The number of thioether (sulfide) groups is 1. The molecule has 0 saturated carbocycles. The average molecular weight is 366 g/mol. The van der Waals surface area contributed by atoms with Crippen molar-refractivity contribution in [3.05, 3.63) is 53.3 Å². The van der Waals surface area contributed by atoms with E-state index in [9.17, 15) is 0 Å². The van der Waals surface area contributed by atoms with Gasteiger partial charge in [-0.15, -0.1) is 0 Å². The van der Waals surface area contributed by atoms with Crippen LogP contribution in [0.15, 0.2) is 61.4 Å².